The van der Waals surface area contributed by atoms with Gasteiger partial charge in [-0.3, -0.25) is 9.36 Å². The van der Waals surface area contributed by atoms with Gasteiger partial charge in [-0.15, -0.1) is 0 Å². The Balaban J connectivity index is 2.23. The second-order valence-electron chi connectivity index (χ2n) is 6.36. The number of hydrogen-bond acceptors (Lipinski definition) is 5. The minimum absolute atomic E-state index is 0.115. The fourth-order valence-electron chi connectivity index (χ4n) is 3.33. The summed E-state index contributed by atoms with van der Waals surface area (Å²) in [4.78, 5) is 21.4. The molecule has 5 N–H and O–H groups in total. The number of rotatable bonds is 2. The van der Waals surface area contributed by atoms with Gasteiger partial charge in [0.15, 0.2) is 5.65 Å². The van der Waals surface area contributed by atoms with Gasteiger partial charge in [-0.2, -0.15) is 0 Å². The maximum absolute atomic E-state index is 12.1. The lowest BCUT2D eigenvalue weighted by atomic mass is 10.1. The fraction of sp³-hybridized carbons (Fsp3) is 0.105. The van der Waals surface area contributed by atoms with Gasteiger partial charge in [-0.25, -0.2) is 9.97 Å². The van der Waals surface area contributed by atoms with Crippen molar-refractivity contribution in [1.82, 2.24) is 14.5 Å². The molecule has 7 nitrogen and oxygen atoms in total. The molecule has 4 aromatic rings. The maximum atomic E-state index is 12.1. The van der Waals surface area contributed by atoms with E-state index in [0.717, 1.165) is 10.0 Å². The standard InChI is InChI=1S/C19H16BrN5O2/c1-8-3-6-13(26)9(2)16(8)25-17(21)14(18(22)27)15-19(25)24-12-7-10(20)4-5-11(12)23-15/h3-7,26H,21H2,1-2H3,(H2,22,27). The molecular weight excluding hydrogens is 410 g/mol. The average Bonchev–Trinajstić information content (AvgIpc) is 2.88. The lowest BCUT2D eigenvalue weighted by molar-refractivity contribution is 0.100. The highest BCUT2D eigenvalue weighted by Crippen LogP contribution is 2.35. The molecule has 8 heteroatoms. The number of primary amides is 1. The van der Waals surface area contributed by atoms with Gasteiger partial charge >= 0.3 is 0 Å². The summed E-state index contributed by atoms with van der Waals surface area (Å²) in [5.74, 6) is -0.421. The van der Waals surface area contributed by atoms with Crippen LogP contribution in [0.3, 0.4) is 0 Å². The summed E-state index contributed by atoms with van der Waals surface area (Å²) in [5, 5.41) is 10.2. The lowest BCUT2D eigenvalue weighted by Gasteiger charge is -2.15. The molecule has 0 bridgehead atoms. The van der Waals surface area contributed by atoms with Crippen molar-refractivity contribution in [2.45, 2.75) is 13.8 Å². The Morgan fingerprint density at radius 3 is 2.59 bits per heavy atom. The zero-order chi connectivity index (χ0) is 19.5. The Morgan fingerprint density at radius 2 is 1.89 bits per heavy atom. The predicted octanol–water partition coefficient (Wildman–Crippen LogP) is 3.34. The third-order valence-electron chi connectivity index (χ3n) is 4.63. The number of anilines is 1. The van der Waals surface area contributed by atoms with E-state index in [-0.39, 0.29) is 17.1 Å². The molecule has 0 aliphatic heterocycles. The summed E-state index contributed by atoms with van der Waals surface area (Å²) < 4.78 is 2.49. The molecule has 0 radical (unpaired) electrons. The normalized spacial score (nSPS) is 11.4. The van der Waals surface area contributed by atoms with Crippen LogP contribution in [0.25, 0.3) is 27.9 Å². The number of nitrogens with zero attached hydrogens (tertiary/aromatic N) is 3. The van der Waals surface area contributed by atoms with Crippen molar-refractivity contribution in [2.75, 3.05) is 5.73 Å². The van der Waals surface area contributed by atoms with Gasteiger partial charge in [0.05, 0.1) is 16.7 Å². The van der Waals surface area contributed by atoms with Crippen molar-refractivity contribution in [3.63, 3.8) is 0 Å². The molecule has 1 amide bonds. The fourth-order valence-corrected chi connectivity index (χ4v) is 3.68. The summed E-state index contributed by atoms with van der Waals surface area (Å²) in [5.41, 5.74) is 16.1. The summed E-state index contributed by atoms with van der Waals surface area (Å²) in [7, 11) is 0. The van der Waals surface area contributed by atoms with Crippen LogP contribution < -0.4 is 11.5 Å². The highest BCUT2D eigenvalue weighted by Gasteiger charge is 2.25. The molecule has 4 rings (SSSR count). The number of hydrogen-bond donors (Lipinski definition) is 3. The first-order valence-corrected chi connectivity index (χ1v) is 8.95. The first-order valence-electron chi connectivity index (χ1n) is 8.16. The molecule has 0 atom stereocenters. The minimum atomic E-state index is -0.683. The summed E-state index contributed by atoms with van der Waals surface area (Å²) in [6.07, 6.45) is 0. The number of nitrogens with two attached hydrogens (primary N) is 2. The topological polar surface area (TPSA) is 120 Å². The van der Waals surface area contributed by atoms with Gasteiger partial charge in [0, 0.05) is 10.0 Å². The Labute approximate surface area is 162 Å². The van der Waals surface area contributed by atoms with Gasteiger partial charge in [0.25, 0.3) is 5.91 Å². The number of carbonyl (C=O) groups excluding carboxylic acids is 1. The first kappa shape index (κ1) is 17.3. The number of aryl methyl sites for hydroxylation is 1. The monoisotopic (exact) mass is 425 g/mol. The first-order chi connectivity index (χ1) is 12.8. The second-order valence-corrected chi connectivity index (χ2v) is 7.28. The summed E-state index contributed by atoms with van der Waals surface area (Å²) >= 11 is 3.43. The molecule has 2 aromatic heterocycles. The molecule has 2 heterocycles. The minimum Gasteiger partial charge on any atom is -0.508 e. The van der Waals surface area contributed by atoms with Crippen LogP contribution in [0.15, 0.2) is 34.8 Å². The predicted molar refractivity (Wildman–Crippen MR) is 108 cm³/mol. The molecule has 0 fully saturated rings. The van der Waals surface area contributed by atoms with Crippen LogP contribution in [0.1, 0.15) is 21.5 Å². The number of phenolic OH excluding ortho intramolecular Hbond substituents is 1. The molecule has 0 saturated carbocycles. The number of fused-ring (bicyclic) bond motifs is 2. The van der Waals surface area contributed by atoms with Crippen molar-refractivity contribution in [3.05, 3.63) is 51.5 Å². The molecule has 0 aliphatic carbocycles. The molecule has 0 saturated heterocycles. The second kappa shape index (κ2) is 5.95. The summed E-state index contributed by atoms with van der Waals surface area (Å²) in [6.45, 7) is 3.67. The smallest absolute Gasteiger partial charge is 0.254 e. The third kappa shape index (κ3) is 2.52. The molecular formula is C19H16BrN5O2. The number of aromatic nitrogens is 3. The van der Waals surface area contributed by atoms with E-state index in [0.29, 0.717) is 33.4 Å². The third-order valence-corrected chi connectivity index (χ3v) is 5.12. The highest BCUT2D eigenvalue weighted by molar-refractivity contribution is 9.10. The molecule has 0 spiro atoms. The summed E-state index contributed by atoms with van der Waals surface area (Å²) in [6, 6.07) is 8.87. The van der Waals surface area contributed by atoms with Crippen LogP contribution >= 0.6 is 15.9 Å². The molecule has 27 heavy (non-hydrogen) atoms. The number of aromatic hydroxyl groups is 1. The van der Waals surface area contributed by atoms with Crippen LogP contribution in [0, 0.1) is 13.8 Å². The van der Waals surface area contributed by atoms with Gasteiger partial charge in [-0.1, -0.05) is 22.0 Å². The van der Waals surface area contributed by atoms with Crippen molar-refractivity contribution < 1.29 is 9.90 Å². The Kier molecular flexibility index (Phi) is 3.81. The van der Waals surface area contributed by atoms with Crippen LogP contribution in [0.5, 0.6) is 5.75 Å². The lowest BCUT2D eigenvalue weighted by Crippen LogP contribution is -2.14. The van der Waals surface area contributed by atoms with E-state index in [9.17, 15) is 9.90 Å². The van der Waals surface area contributed by atoms with E-state index < -0.39 is 5.91 Å². The maximum Gasteiger partial charge on any atom is 0.254 e. The number of nitrogen functional groups attached to an aromatic ring is 1. The quantitative estimate of drug-likeness (QED) is 0.454. The van der Waals surface area contributed by atoms with E-state index in [2.05, 4.69) is 20.9 Å². The van der Waals surface area contributed by atoms with Crippen LogP contribution in [-0.2, 0) is 0 Å². The van der Waals surface area contributed by atoms with Gasteiger partial charge in [0.1, 0.15) is 22.6 Å². The van der Waals surface area contributed by atoms with E-state index in [1.54, 1.807) is 29.7 Å². The van der Waals surface area contributed by atoms with Crippen LogP contribution in [-0.4, -0.2) is 25.5 Å². The molecule has 0 aliphatic rings. The van der Waals surface area contributed by atoms with Crippen molar-refractivity contribution in [2.24, 2.45) is 5.73 Å². The zero-order valence-electron chi connectivity index (χ0n) is 14.6. The van der Waals surface area contributed by atoms with E-state index >= 15 is 0 Å². The molecule has 2 aromatic carbocycles. The van der Waals surface area contributed by atoms with E-state index in [4.69, 9.17) is 16.5 Å². The van der Waals surface area contributed by atoms with E-state index in [1.165, 1.54) is 0 Å². The van der Waals surface area contributed by atoms with Gasteiger partial charge in [-0.05, 0) is 43.7 Å². The van der Waals surface area contributed by atoms with E-state index in [1.807, 2.05) is 19.1 Å². The number of benzene rings is 2. The number of amides is 1. The number of carbonyl (C=O) groups is 1. The number of phenols is 1. The highest BCUT2D eigenvalue weighted by atomic mass is 79.9. The van der Waals surface area contributed by atoms with Gasteiger partial charge in [0.2, 0.25) is 0 Å². The average molecular weight is 426 g/mol. The largest absolute Gasteiger partial charge is 0.508 e. The van der Waals surface area contributed by atoms with Crippen molar-refractivity contribution in [3.8, 4) is 11.4 Å². The van der Waals surface area contributed by atoms with Crippen LogP contribution in [0.4, 0.5) is 5.82 Å². The van der Waals surface area contributed by atoms with Crippen LogP contribution in [0.2, 0.25) is 0 Å². The Bertz CT molecular complexity index is 1260. The number of halogens is 1. The Morgan fingerprint density at radius 1 is 1.15 bits per heavy atom. The van der Waals surface area contributed by atoms with Crippen molar-refractivity contribution in [1.29, 1.82) is 0 Å². The zero-order valence-corrected chi connectivity index (χ0v) is 16.2. The van der Waals surface area contributed by atoms with Crippen molar-refractivity contribution >= 4 is 49.9 Å². The molecule has 136 valence electrons. The van der Waals surface area contributed by atoms with Gasteiger partial charge < -0.3 is 16.6 Å². The Hall–Kier alpha value is -3.13. The molecule has 0 unspecified atom stereocenters. The SMILES string of the molecule is Cc1ccc(O)c(C)c1-n1c(N)c(C(N)=O)c2nc3ccc(Br)cc3nc21.